The van der Waals surface area contributed by atoms with E-state index in [0.717, 1.165) is 0 Å². The molecule has 43 heavy (non-hydrogen) atoms. The van der Waals surface area contributed by atoms with Crippen molar-refractivity contribution in [3.63, 3.8) is 0 Å². The molecule has 0 aliphatic rings. The van der Waals surface area contributed by atoms with Crippen LogP contribution in [0, 0.1) is 5.41 Å². The van der Waals surface area contributed by atoms with E-state index >= 15 is 0 Å². The Labute approximate surface area is 275 Å². The Morgan fingerprint density at radius 2 is 0.442 bits per heavy atom. The van der Waals surface area contributed by atoms with Crippen LogP contribution in [0.3, 0.4) is 0 Å². The molecule has 0 unspecified atom stereocenters. The summed E-state index contributed by atoms with van der Waals surface area (Å²) in [6.07, 6.45) is 48.9. The summed E-state index contributed by atoms with van der Waals surface area (Å²) in [5.74, 6) is 0. The average Bonchev–Trinajstić information content (AvgIpc) is 3.01. The lowest BCUT2D eigenvalue weighted by Crippen LogP contribution is -2.55. The second-order valence-corrected chi connectivity index (χ2v) is 15.0. The molecular formula is C42H87N. The summed E-state index contributed by atoms with van der Waals surface area (Å²) in [5, 5.41) is 0. The maximum atomic E-state index is 7.95. The van der Waals surface area contributed by atoms with E-state index < -0.39 is 0 Å². The van der Waals surface area contributed by atoms with Crippen molar-refractivity contribution >= 4 is 0 Å². The van der Waals surface area contributed by atoms with Crippen LogP contribution in [0.1, 0.15) is 259 Å². The summed E-state index contributed by atoms with van der Waals surface area (Å²) in [4.78, 5) is 0. The van der Waals surface area contributed by atoms with Gasteiger partial charge in [0, 0.05) is 5.54 Å². The van der Waals surface area contributed by atoms with Gasteiger partial charge in [0.25, 0.3) is 0 Å². The number of unbranched alkanes of at least 4 members (excludes halogenated alkanes) is 25. The molecule has 0 heterocycles. The van der Waals surface area contributed by atoms with Crippen LogP contribution in [0.25, 0.3) is 0 Å². The Balaban J connectivity index is 5.85. The highest BCUT2D eigenvalue weighted by Crippen LogP contribution is 2.49. The van der Waals surface area contributed by atoms with Crippen LogP contribution in [0.15, 0.2) is 0 Å². The van der Waals surface area contributed by atoms with Crippen LogP contribution >= 0.6 is 0 Å². The zero-order valence-corrected chi connectivity index (χ0v) is 31.3. The minimum Gasteiger partial charge on any atom is -0.325 e. The molecule has 0 bridgehead atoms. The summed E-state index contributed by atoms with van der Waals surface area (Å²) in [6, 6.07) is 0. The third-order valence-electron chi connectivity index (χ3n) is 11.0. The van der Waals surface area contributed by atoms with Crippen LogP contribution in [0.5, 0.6) is 0 Å². The minimum atomic E-state index is 0.0404. The Morgan fingerprint density at radius 3 is 0.674 bits per heavy atom. The highest BCUT2D eigenvalue weighted by Gasteiger charge is 2.46. The normalized spacial score (nSPS) is 12.4. The van der Waals surface area contributed by atoms with Gasteiger partial charge in [-0.05, 0) is 37.5 Å². The van der Waals surface area contributed by atoms with E-state index in [1.807, 2.05) is 0 Å². The summed E-state index contributed by atoms with van der Waals surface area (Å²) in [7, 11) is 0. The average molecular weight is 606 g/mol. The Hall–Kier alpha value is -0.0400. The van der Waals surface area contributed by atoms with E-state index in [1.54, 1.807) is 0 Å². The Bertz CT molecular complexity index is 468. The zero-order valence-electron chi connectivity index (χ0n) is 31.3. The third-order valence-corrected chi connectivity index (χ3v) is 11.0. The van der Waals surface area contributed by atoms with E-state index in [-0.39, 0.29) is 5.54 Å². The second-order valence-electron chi connectivity index (χ2n) is 15.0. The van der Waals surface area contributed by atoms with Crippen LogP contribution < -0.4 is 5.73 Å². The van der Waals surface area contributed by atoms with Gasteiger partial charge in [0.05, 0.1) is 0 Å². The molecule has 2 N–H and O–H groups in total. The van der Waals surface area contributed by atoms with E-state index in [1.165, 1.54) is 225 Å². The van der Waals surface area contributed by atoms with Crippen LogP contribution in [-0.2, 0) is 0 Å². The van der Waals surface area contributed by atoms with E-state index in [2.05, 4.69) is 34.6 Å². The maximum Gasteiger partial charge on any atom is 0.0211 e. The fourth-order valence-electron chi connectivity index (χ4n) is 7.95. The van der Waals surface area contributed by atoms with Crippen LogP contribution in [0.4, 0.5) is 0 Å². The predicted octanol–water partition coefficient (Wildman–Crippen LogP) is 15.4. The maximum absolute atomic E-state index is 7.95. The van der Waals surface area contributed by atoms with Gasteiger partial charge in [-0.25, -0.2) is 0 Å². The molecule has 0 aliphatic carbocycles. The largest absolute Gasteiger partial charge is 0.325 e. The Morgan fingerprint density at radius 1 is 0.256 bits per heavy atom. The van der Waals surface area contributed by atoms with Crippen molar-refractivity contribution in [1.29, 1.82) is 0 Å². The first-order valence-electron chi connectivity index (χ1n) is 20.8. The minimum absolute atomic E-state index is 0.0404. The SMILES string of the molecule is CCCCCCCCC(N)(CCCCCCCC)C(CCCCCCCC)(CCCCCCCC)CCCCCCCC. The van der Waals surface area contributed by atoms with Gasteiger partial charge in [-0.3, -0.25) is 0 Å². The van der Waals surface area contributed by atoms with E-state index in [0.29, 0.717) is 5.41 Å². The number of hydrogen-bond donors (Lipinski definition) is 1. The third kappa shape index (κ3) is 23.0. The molecule has 260 valence electrons. The van der Waals surface area contributed by atoms with Crippen molar-refractivity contribution in [3.8, 4) is 0 Å². The fraction of sp³-hybridized carbons (Fsp3) is 1.00. The highest BCUT2D eigenvalue weighted by molar-refractivity contribution is 5.02. The van der Waals surface area contributed by atoms with Crippen LogP contribution in [-0.4, -0.2) is 5.54 Å². The highest BCUT2D eigenvalue weighted by atomic mass is 14.8. The fourth-order valence-corrected chi connectivity index (χ4v) is 7.95. The van der Waals surface area contributed by atoms with Gasteiger partial charge in [-0.2, -0.15) is 0 Å². The van der Waals surface area contributed by atoms with Crippen molar-refractivity contribution in [1.82, 2.24) is 0 Å². The van der Waals surface area contributed by atoms with Crippen LogP contribution in [0.2, 0.25) is 0 Å². The van der Waals surface area contributed by atoms with Gasteiger partial charge in [0.2, 0.25) is 0 Å². The monoisotopic (exact) mass is 606 g/mol. The molecule has 1 heteroatoms. The molecule has 0 aromatic carbocycles. The number of nitrogens with two attached hydrogens (primary N) is 1. The molecule has 1 nitrogen and oxygen atoms in total. The number of rotatable bonds is 36. The van der Waals surface area contributed by atoms with Gasteiger partial charge in [-0.15, -0.1) is 0 Å². The summed E-state index contributed by atoms with van der Waals surface area (Å²) in [5.41, 5.74) is 8.35. The van der Waals surface area contributed by atoms with Gasteiger partial charge in [0.15, 0.2) is 0 Å². The standard InChI is InChI=1S/C42H87N/c1-6-11-16-21-26-31-36-41(37-32-27-22-17-12-7-2,38-33-28-23-18-13-8-3)42(43,39-34-29-24-19-14-9-4)40-35-30-25-20-15-10-5/h6-40,43H2,1-5H3. The van der Waals surface area contributed by atoms with Crippen molar-refractivity contribution in [3.05, 3.63) is 0 Å². The molecule has 0 radical (unpaired) electrons. The first-order chi connectivity index (χ1) is 21.1. The van der Waals surface area contributed by atoms with Gasteiger partial charge in [0.1, 0.15) is 0 Å². The first kappa shape index (κ1) is 43.0. The molecule has 0 spiro atoms. The molecule has 0 atom stereocenters. The first-order valence-corrected chi connectivity index (χ1v) is 20.8. The van der Waals surface area contributed by atoms with Crippen molar-refractivity contribution in [2.24, 2.45) is 11.1 Å². The molecule has 0 saturated carbocycles. The lowest BCUT2D eigenvalue weighted by Gasteiger charge is -2.51. The lowest BCUT2D eigenvalue weighted by atomic mass is 9.58. The predicted molar refractivity (Wildman–Crippen MR) is 199 cm³/mol. The smallest absolute Gasteiger partial charge is 0.0211 e. The zero-order chi connectivity index (χ0) is 31.7. The molecule has 0 fully saturated rings. The summed E-state index contributed by atoms with van der Waals surface area (Å²) in [6.45, 7) is 11.7. The molecular weight excluding hydrogens is 518 g/mol. The summed E-state index contributed by atoms with van der Waals surface area (Å²) >= 11 is 0. The topological polar surface area (TPSA) is 26.0 Å². The number of hydrogen-bond acceptors (Lipinski definition) is 1. The van der Waals surface area contributed by atoms with Crippen molar-refractivity contribution < 1.29 is 0 Å². The molecule has 0 aliphatic heterocycles. The van der Waals surface area contributed by atoms with Gasteiger partial charge >= 0.3 is 0 Å². The lowest BCUT2D eigenvalue weighted by molar-refractivity contribution is 0.0509. The van der Waals surface area contributed by atoms with Crippen molar-refractivity contribution in [2.75, 3.05) is 0 Å². The van der Waals surface area contributed by atoms with E-state index in [4.69, 9.17) is 5.73 Å². The molecule has 0 amide bonds. The van der Waals surface area contributed by atoms with Crippen molar-refractivity contribution in [2.45, 2.75) is 265 Å². The molecule has 0 aromatic heterocycles. The quantitative estimate of drug-likeness (QED) is 0.0706. The Kier molecular flexibility index (Phi) is 31.9. The second kappa shape index (κ2) is 31.9. The molecule has 0 rings (SSSR count). The molecule has 0 aromatic rings. The van der Waals surface area contributed by atoms with Gasteiger partial charge < -0.3 is 5.73 Å². The van der Waals surface area contributed by atoms with Gasteiger partial charge in [-0.1, -0.05) is 227 Å². The molecule has 0 saturated heterocycles. The summed E-state index contributed by atoms with van der Waals surface area (Å²) < 4.78 is 0. The van der Waals surface area contributed by atoms with E-state index in [9.17, 15) is 0 Å².